The van der Waals surface area contributed by atoms with E-state index in [2.05, 4.69) is 17.2 Å². The van der Waals surface area contributed by atoms with E-state index in [1.807, 2.05) is 31.4 Å². The van der Waals surface area contributed by atoms with Crippen LogP contribution in [0.25, 0.3) is 5.57 Å². The standard InChI is InChI=1S/C14H13Cl2NOS2/c1-3-10(5-4-7-17-14(18)13(15)16)11-6-8-20-12(11)9(2)19/h3,6,8,13H,7H2,1-2H3,(H,17,18)/b10-3-. The lowest BCUT2D eigenvalue weighted by Gasteiger charge is -2.02. The van der Waals surface area contributed by atoms with E-state index in [1.165, 1.54) is 0 Å². The van der Waals surface area contributed by atoms with Crippen LogP contribution in [0.1, 0.15) is 24.3 Å². The first-order valence-electron chi connectivity index (χ1n) is 5.77. The third kappa shape index (κ3) is 4.92. The van der Waals surface area contributed by atoms with Gasteiger partial charge in [0.2, 0.25) is 0 Å². The molecular weight excluding hydrogens is 333 g/mol. The average Bonchev–Trinajstić information content (AvgIpc) is 2.87. The second kappa shape index (κ2) is 8.43. The van der Waals surface area contributed by atoms with Gasteiger partial charge in [-0.3, -0.25) is 4.79 Å². The summed E-state index contributed by atoms with van der Waals surface area (Å²) in [5, 5.41) is 4.50. The number of thiocarbonyl (C=S) groups is 1. The van der Waals surface area contributed by atoms with Crippen LogP contribution in [0.5, 0.6) is 0 Å². The first kappa shape index (κ1) is 17.2. The lowest BCUT2D eigenvalue weighted by Crippen LogP contribution is -2.28. The van der Waals surface area contributed by atoms with Crippen molar-refractivity contribution < 1.29 is 4.79 Å². The molecule has 106 valence electrons. The zero-order valence-electron chi connectivity index (χ0n) is 11.0. The lowest BCUT2D eigenvalue weighted by molar-refractivity contribution is -0.119. The van der Waals surface area contributed by atoms with E-state index in [-0.39, 0.29) is 6.54 Å². The van der Waals surface area contributed by atoms with Crippen molar-refractivity contribution in [1.29, 1.82) is 0 Å². The summed E-state index contributed by atoms with van der Waals surface area (Å²) in [6.45, 7) is 4.01. The summed E-state index contributed by atoms with van der Waals surface area (Å²) in [7, 11) is 0. The minimum atomic E-state index is -1.07. The van der Waals surface area contributed by atoms with Gasteiger partial charge in [0.25, 0.3) is 5.91 Å². The van der Waals surface area contributed by atoms with Gasteiger partial charge in [-0.25, -0.2) is 0 Å². The molecule has 0 saturated carbocycles. The molecule has 1 aromatic heterocycles. The summed E-state index contributed by atoms with van der Waals surface area (Å²) in [6, 6.07) is 1.99. The van der Waals surface area contributed by atoms with E-state index in [0.29, 0.717) is 0 Å². The molecule has 1 aromatic rings. The number of hydrogen-bond acceptors (Lipinski definition) is 3. The molecule has 0 bridgehead atoms. The molecule has 0 radical (unpaired) electrons. The van der Waals surface area contributed by atoms with E-state index in [0.717, 1.165) is 20.9 Å². The van der Waals surface area contributed by atoms with E-state index in [1.54, 1.807) is 11.3 Å². The number of halogens is 2. The summed E-state index contributed by atoms with van der Waals surface area (Å²) < 4.78 is 0. The molecule has 0 aliphatic rings. The molecule has 20 heavy (non-hydrogen) atoms. The molecular formula is C14H13Cl2NOS2. The van der Waals surface area contributed by atoms with Crippen LogP contribution in [0.15, 0.2) is 17.5 Å². The number of nitrogens with one attached hydrogen (secondary N) is 1. The van der Waals surface area contributed by atoms with Gasteiger partial charge in [0.15, 0.2) is 4.84 Å². The maximum Gasteiger partial charge on any atom is 0.254 e. The highest BCUT2D eigenvalue weighted by Crippen LogP contribution is 2.25. The Bertz CT molecular complexity index is 594. The fourth-order valence-electron chi connectivity index (χ4n) is 1.44. The SMILES string of the molecule is C/C=C(/C#CCNC(=O)C(Cl)Cl)c1ccsc1C(C)=S. The van der Waals surface area contributed by atoms with Crippen LogP contribution in [0.3, 0.4) is 0 Å². The number of alkyl halides is 2. The van der Waals surface area contributed by atoms with Crippen molar-refractivity contribution in [3.05, 3.63) is 28.0 Å². The maximum absolute atomic E-state index is 11.2. The minimum Gasteiger partial charge on any atom is -0.343 e. The van der Waals surface area contributed by atoms with Crippen molar-refractivity contribution in [3.63, 3.8) is 0 Å². The molecule has 2 nitrogen and oxygen atoms in total. The number of allylic oxidation sites excluding steroid dienone is 2. The van der Waals surface area contributed by atoms with Crippen molar-refractivity contribution >= 4 is 63.1 Å². The van der Waals surface area contributed by atoms with Crippen molar-refractivity contribution in [2.45, 2.75) is 18.7 Å². The fraction of sp³-hybridized carbons (Fsp3) is 0.286. The Morgan fingerprint density at radius 1 is 1.60 bits per heavy atom. The number of carbonyl (C=O) groups is 1. The number of thiophene rings is 1. The molecule has 0 aromatic carbocycles. The second-order valence-electron chi connectivity index (χ2n) is 3.74. The van der Waals surface area contributed by atoms with Gasteiger partial charge in [-0.15, -0.1) is 11.3 Å². The lowest BCUT2D eigenvalue weighted by atomic mass is 10.1. The van der Waals surface area contributed by atoms with Gasteiger partial charge in [0, 0.05) is 20.9 Å². The van der Waals surface area contributed by atoms with Gasteiger partial charge in [0.05, 0.1) is 6.54 Å². The molecule has 6 heteroatoms. The van der Waals surface area contributed by atoms with Gasteiger partial charge < -0.3 is 5.32 Å². The van der Waals surface area contributed by atoms with Gasteiger partial charge >= 0.3 is 0 Å². The first-order chi connectivity index (χ1) is 9.47. The zero-order valence-corrected chi connectivity index (χ0v) is 14.1. The molecule has 0 aliphatic carbocycles. The third-order valence-corrected chi connectivity index (χ3v) is 4.10. The summed E-state index contributed by atoms with van der Waals surface area (Å²) in [4.78, 5) is 12.0. The van der Waals surface area contributed by atoms with Crippen LogP contribution < -0.4 is 5.32 Å². The Morgan fingerprint density at radius 2 is 2.30 bits per heavy atom. The largest absolute Gasteiger partial charge is 0.343 e. The molecule has 1 rings (SSSR count). The first-order valence-corrected chi connectivity index (χ1v) is 7.93. The van der Waals surface area contributed by atoms with Crippen molar-refractivity contribution in [3.8, 4) is 11.8 Å². The van der Waals surface area contributed by atoms with Gasteiger partial charge in [-0.2, -0.15) is 0 Å². The smallest absolute Gasteiger partial charge is 0.254 e. The monoisotopic (exact) mass is 345 g/mol. The average molecular weight is 346 g/mol. The van der Waals surface area contributed by atoms with Crippen molar-refractivity contribution in [2.24, 2.45) is 0 Å². The molecule has 0 fully saturated rings. The molecule has 0 atom stereocenters. The Kier molecular flexibility index (Phi) is 7.25. The number of rotatable bonds is 4. The topological polar surface area (TPSA) is 29.1 Å². The third-order valence-electron chi connectivity index (χ3n) is 2.34. The molecule has 0 unspecified atom stereocenters. The van der Waals surface area contributed by atoms with E-state index in [4.69, 9.17) is 35.4 Å². The van der Waals surface area contributed by atoms with Crippen LogP contribution >= 0.6 is 46.8 Å². The summed E-state index contributed by atoms with van der Waals surface area (Å²) in [5.41, 5.74) is 1.91. The highest BCUT2D eigenvalue weighted by atomic mass is 35.5. The van der Waals surface area contributed by atoms with Crippen molar-refractivity contribution in [1.82, 2.24) is 5.32 Å². The number of amides is 1. The zero-order chi connectivity index (χ0) is 15.1. The maximum atomic E-state index is 11.2. The highest BCUT2D eigenvalue weighted by molar-refractivity contribution is 7.81. The van der Waals surface area contributed by atoms with Crippen molar-refractivity contribution in [2.75, 3.05) is 6.54 Å². The van der Waals surface area contributed by atoms with E-state index < -0.39 is 10.7 Å². The predicted octanol–water partition coefficient (Wildman–Crippen LogP) is 3.81. The van der Waals surface area contributed by atoms with E-state index in [9.17, 15) is 4.79 Å². The Balaban J connectivity index is 2.77. The number of carbonyl (C=O) groups excluding carboxylic acids is 1. The quantitative estimate of drug-likeness (QED) is 0.389. The molecule has 1 N–H and O–H groups in total. The molecule has 0 spiro atoms. The van der Waals surface area contributed by atoms with Gasteiger partial charge in [-0.05, 0) is 25.3 Å². The van der Waals surface area contributed by atoms with E-state index >= 15 is 0 Å². The second-order valence-corrected chi connectivity index (χ2v) is 6.37. The fourth-order valence-corrected chi connectivity index (χ4v) is 2.66. The Hall–Kier alpha value is -0.860. The Labute approximate surface area is 138 Å². The van der Waals surface area contributed by atoms with Crippen LogP contribution in [0.2, 0.25) is 0 Å². The normalized spacial score (nSPS) is 10.9. The minimum absolute atomic E-state index is 0.197. The highest BCUT2D eigenvalue weighted by Gasteiger charge is 2.10. The Morgan fingerprint density at radius 3 is 2.85 bits per heavy atom. The summed E-state index contributed by atoms with van der Waals surface area (Å²) in [6.07, 6.45) is 1.92. The van der Waals surface area contributed by atoms with Crippen LogP contribution in [-0.2, 0) is 4.79 Å². The summed E-state index contributed by atoms with van der Waals surface area (Å²) in [5.74, 6) is 5.44. The predicted molar refractivity (Wildman–Crippen MR) is 91.6 cm³/mol. The van der Waals surface area contributed by atoms with Gasteiger partial charge in [0.1, 0.15) is 0 Å². The van der Waals surface area contributed by atoms with Crippen LogP contribution in [0, 0.1) is 11.8 Å². The molecule has 1 heterocycles. The van der Waals surface area contributed by atoms with Crippen LogP contribution in [0.4, 0.5) is 0 Å². The van der Waals surface area contributed by atoms with Crippen LogP contribution in [-0.4, -0.2) is 22.2 Å². The molecule has 0 aliphatic heterocycles. The van der Waals surface area contributed by atoms with Gasteiger partial charge in [-0.1, -0.05) is 53.3 Å². The summed E-state index contributed by atoms with van der Waals surface area (Å²) >= 11 is 17.6. The number of hydrogen-bond donors (Lipinski definition) is 1. The molecule has 0 saturated heterocycles. The molecule has 1 amide bonds.